The van der Waals surface area contributed by atoms with Crippen molar-refractivity contribution in [2.45, 2.75) is 60.0 Å². The third kappa shape index (κ3) is 5.53. The summed E-state index contributed by atoms with van der Waals surface area (Å²) in [5.41, 5.74) is 3.97. The van der Waals surface area contributed by atoms with E-state index in [1.165, 1.54) is 22.2 Å². The van der Waals surface area contributed by atoms with Crippen molar-refractivity contribution in [2.75, 3.05) is 23.3 Å². The fraction of sp³-hybridized carbons (Fsp3) is 0.480. The Labute approximate surface area is 208 Å². The summed E-state index contributed by atoms with van der Waals surface area (Å²) in [6, 6.07) is 4.16. The molecule has 9 nitrogen and oxygen atoms in total. The van der Waals surface area contributed by atoms with E-state index in [1.54, 1.807) is 0 Å². The van der Waals surface area contributed by atoms with Gasteiger partial charge in [-0.2, -0.15) is 4.98 Å². The van der Waals surface area contributed by atoms with Crippen molar-refractivity contribution in [3.8, 4) is 0 Å². The van der Waals surface area contributed by atoms with Gasteiger partial charge in [-0.15, -0.1) is 0 Å². The van der Waals surface area contributed by atoms with Crippen molar-refractivity contribution in [1.82, 2.24) is 19.9 Å². The molecule has 1 aliphatic rings. The number of piperidine rings is 1. The second-order valence-electron chi connectivity index (χ2n) is 9.57. The molecule has 2 N–H and O–H groups in total. The summed E-state index contributed by atoms with van der Waals surface area (Å²) in [4.78, 5) is 49.1. The molecule has 1 saturated heterocycles. The molecular weight excluding hydrogens is 464 g/mol. The number of nitrogens with one attached hydrogen (secondary N) is 2. The minimum absolute atomic E-state index is 0.00213. The first-order valence-electron chi connectivity index (χ1n) is 11.9. The van der Waals surface area contributed by atoms with E-state index in [-0.39, 0.29) is 35.9 Å². The van der Waals surface area contributed by atoms with Gasteiger partial charge >= 0.3 is 0 Å². The third-order valence-electron chi connectivity index (χ3n) is 6.20. The highest BCUT2D eigenvalue weighted by Crippen LogP contribution is 2.29. The predicted molar refractivity (Wildman–Crippen MR) is 139 cm³/mol. The van der Waals surface area contributed by atoms with Crippen LogP contribution in [0.3, 0.4) is 0 Å². The topological polar surface area (TPSA) is 109 Å². The average molecular weight is 497 g/mol. The molecule has 3 aromatic rings. The van der Waals surface area contributed by atoms with Gasteiger partial charge in [0.2, 0.25) is 11.8 Å². The molecule has 0 aliphatic carbocycles. The van der Waals surface area contributed by atoms with Crippen molar-refractivity contribution in [3.63, 3.8) is 0 Å². The summed E-state index contributed by atoms with van der Waals surface area (Å²) in [5, 5.41) is 6.64. The number of rotatable bonds is 6. The summed E-state index contributed by atoms with van der Waals surface area (Å²) >= 11 is 1.29. The van der Waals surface area contributed by atoms with Gasteiger partial charge in [0.05, 0.1) is 0 Å². The molecule has 186 valence electrons. The number of hydrogen-bond donors (Lipinski definition) is 2. The van der Waals surface area contributed by atoms with E-state index in [1.807, 2.05) is 46.8 Å². The Bertz CT molecular complexity index is 1300. The lowest BCUT2D eigenvalue weighted by molar-refractivity contribution is -0.126. The van der Waals surface area contributed by atoms with Gasteiger partial charge in [-0.05, 0) is 58.6 Å². The quantitative estimate of drug-likeness (QED) is 0.543. The number of thiazole rings is 1. The van der Waals surface area contributed by atoms with Crippen molar-refractivity contribution in [2.24, 2.45) is 5.92 Å². The predicted octanol–water partition coefficient (Wildman–Crippen LogP) is 3.16. The molecule has 2 aromatic heterocycles. The van der Waals surface area contributed by atoms with Crippen LogP contribution < -0.4 is 21.1 Å². The van der Waals surface area contributed by atoms with Gasteiger partial charge < -0.3 is 15.5 Å². The van der Waals surface area contributed by atoms with Crippen LogP contribution in [0.2, 0.25) is 0 Å². The zero-order valence-electron chi connectivity index (χ0n) is 20.8. The lowest BCUT2D eigenvalue weighted by Gasteiger charge is -2.31. The van der Waals surface area contributed by atoms with Gasteiger partial charge in [-0.3, -0.25) is 19.0 Å². The van der Waals surface area contributed by atoms with Crippen LogP contribution in [-0.2, 0) is 16.1 Å². The molecule has 0 atom stereocenters. The van der Waals surface area contributed by atoms with Gasteiger partial charge in [-0.1, -0.05) is 29.0 Å². The molecule has 3 heterocycles. The Morgan fingerprint density at radius 1 is 1.14 bits per heavy atom. The highest BCUT2D eigenvalue weighted by atomic mass is 32.1. The number of anilines is 2. The van der Waals surface area contributed by atoms with Crippen LogP contribution in [0.5, 0.6) is 0 Å². The number of aryl methyl sites for hydroxylation is 3. The fourth-order valence-electron chi connectivity index (χ4n) is 4.53. The molecule has 2 amide bonds. The fourth-order valence-corrected chi connectivity index (χ4v) is 5.55. The zero-order chi connectivity index (χ0) is 25.3. The number of carbonyl (C=O) groups is 2. The highest BCUT2D eigenvalue weighted by Gasteiger charge is 2.27. The van der Waals surface area contributed by atoms with Gasteiger partial charge in [0.1, 0.15) is 17.6 Å². The van der Waals surface area contributed by atoms with E-state index in [0.29, 0.717) is 23.4 Å². The maximum atomic E-state index is 13.1. The van der Waals surface area contributed by atoms with Crippen LogP contribution in [0.15, 0.2) is 23.3 Å². The van der Waals surface area contributed by atoms with Crippen molar-refractivity contribution in [1.29, 1.82) is 0 Å². The molecule has 4 rings (SSSR count). The van der Waals surface area contributed by atoms with Crippen LogP contribution in [0.25, 0.3) is 10.3 Å². The number of nitrogens with zero attached hydrogens (tertiary/aromatic N) is 4. The number of hydrogen-bond acceptors (Lipinski definition) is 7. The molecule has 35 heavy (non-hydrogen) atoms. The lowest BCUT2D eigenvalue weighted by atomic mass is 9.96. The third-order valence-corrected chi connectivity index (χ3v) is 7.29. The van der Waals surface area contributed by atoms with Crippen LogP contribution >= 0.6 is 11.3 Å². The van der Waals surface area contributed by atoms with Crippen LogP contribution in [0.4, 0.5) is 10.8 Å². The van der Waals surface area contributed by atoms with Gasteiger partial charge in [0, 0.05) is 30.7 Å². The molecule has 0 unspecified atom stereocenters. The minimum Gasteiger partial charge on any atom is -0.354 e. The van der Waals surface area contributed by atoms with E-state index < -0.39 is 0 Å². The Hall–Kier alpha value is -3.27. The first kappa shape index (κ1) is 24.8. The molecule has 0 saturated carbocycles. The van der Waals surface area contributed by atoms with Gasteiger partial charge in [-0.25, -0.2) is 4.98 Å². The van der Waals surface area contributed by atoms with Crippen LogP contribution in [0.1, 0.15) is 43.4 Å². The van der Waals surface area contributed by atoms with Crippen LogP contribution in [-0.4, -0.2) is 45.5 Å². The normalized spacial score (nSPS) is 14.5. The number of carbonyl (C=O) groups excluding carboxylic acids is 2. The Kier molecular flexibility index (Phi) is 7.20. The van der Waals surface area contributed by atoms with E-state index in [0.717, 1.165) is 40.4 Å². The summed E-state index contributed by atoms with van der Waals surface area (Å²) in [7, 11) is 0. The molecule has 1 aromatic carbocycles. The summed E-state index contributed by atoms with van der Waals surface area (Å²) in [5.74, 6) is -0.185. The number of benzene rings is 1. The number of aromatic nitrogens is 3. The Morgan fingerprint density at radius 3 is 2.43 bits per heavy atom. The smallest absolute Gasteiger partial charge is 0.273 e. The van der Waals surface area contributed by atoms with Crippen molar-refractivity contribution >= 4 is 44.3 Å². The molecule has 10 heteroatoms. The maximum Gasteiger partial charge on any atom is 0.273 e. The van der Waals surface area contributed by atoms with E-state index in [9.17, 15) is 14.4 Å². The van der Waals surface area contributed by atoms with Crippen molar-refractivity contribution in [3.05, 3.63) is 45.5 Å². The monoisotopic (exact) mass is 496 g/mol. The van der Waals surface area contributed by atoms with Gasteiger partial charge in [0.25, 0.3) is 5.56 Å². The second kappa shape index (κ2) is 10.2. The summed E-state index contributed by atoms with van der Waals surface area (Å²) in [6.07, 6.45) is 2.86. The number of amides is 2. The maximum absolute atomic E-state index is 13.1. The highest BCUT2D eigenvalue weighted by molar-refractivity contribution is 7.22. The molecular formula is C25H32N6O3S. The van der Waals surface area contributed by atoms with E-state index >= 15 is 0 Å². The van der Waals surface area contributed by atoms with Crippen molar-refractivity contribution < 1.29 is 9.59 Å². The SMILES string of the molecule is Cc1cc(C)c(NC(=O)Cn2cnc3nc(N4CCC(C(=O)NC(C)C)CC4)sc3c2=O)c(C)c1. The molecule has 0 bridgehead atoms. The standard InChI is InChI=1S/C25H32N6O3S/c1-14(2)27-23(33)18-6-8-30(9-7-18)25-29-22-21(35-25)24(34)31(13-26-22)12-19(32)28-20-16(4)10-15(3)11-17(20)5/h10-11,13-14,18H,6-9,12H2,1-5H3,(H,27,33)(H,28,32). The zero-order valence-corrected chi connectivity index (χ0v) is 21.7. The van der Waals surface area contributed by atoms with Gasteiger partial charge in [0.15, 0.2) is 10.8 Å². The Morgan fingerprint density at radius 2 is 1.80 bits per heavy atom. The molecule has 0 spiro atoms. The first-order valence-corrected chi connectivity index (χ1v) is 12.7. The van der Waals surface area contributed by atoms with Crippen LogP contribution in [0, 0.1) is 26.7 Å². The molecule has 1 fully saturated rings. The minimum atomic E-state index is -0.283. The van der Waals surface area contributed by atoms with E-state index in [2.05, 4.69) is 25.5 Å². The lowest BCUT2D eigenvalue weighted by Crippen LogP contribution is -2.42. The van der Waals surface area contributed by atoms with E-state index in [4.69, 9.17) is 0 Å². The Balaban J connectivity index is 1.45. The molecule has 0 radical (unpaired) electrons. The molecule has 1 aliphatic heterocycles. The second-order valence-corrected chi connectivity index (χ2v) is 10.6. The first-order chi connectivity index (χ1) is 16.6. The largest absolute Gasteiger partial charge is 0.354 e. The average Bonchev–Trinajstić information content (AvgIpc) is 3.23. The summed E-state index contributed by atoms with van der Waals surface area (Å²) < 4.78 is 1.75. The summed E-state index contributed by atoms with van der Waals surface area (Å²) in [6.45, 7) is 11.1. The number of fused-ring (bicyclic) bond motifs is 1.